The van der Waals surface area contributed by atoms with Crippen LogP contribution in [0.15, 0.2) is 10.7 Å². The van der Waals surface area contributed by atoms with Gasteiger partial charge in [-0.05, 0) is 29.3 Å². The summed E-state index contributed by atoms with van der Waals surface area (Å²) in [7, 11) is 1.94. The highest BCUT2D eigenvalue weighted by Crippen LogP contribution is 2.17. The lowest BCUT2D eigenvalue weighted by Gasteiger charge is -2.19. The summed E-state index contributed by atoms with van der Waals surface area (Å²) in [5.74, 6) is 1.69. The Morgan fingerprint density at radius 3 is 2.82 bits per heavy atom. The van der Waals surface area contributed by atoms with Crippen molar-refractivity contribution in [2.45, 2.75) is 26.7 Å². The number of anilines is 1. The molecule has 4 nitrogen and oxygen atoms in total. The minimum atomic E-state index is -0.0108. The van der Waals surface area contributed by atoms with Gasteiger partial charge >= 0.3 is 0 Å². The van der Waals surface area contributed by atoms with Crippen LogP contribution in [0.1, 0.15) is 26.1 Å². The highest BCUT2D eigenvalue weighted by Gasteiger charge is 2.10. The maximum absolute atomic E-state index is 8.81. The fourth-order valence-corrected chi connectivity index (χ4v) is 1.94. The van der Waals surface area contributed by atoms with E-state index in [0.29, 0.717) is 6.54 Å². The average molecular weight is 297 g/mol. The highest BCUT2D eigenvalue weighted by molar-refractivity contribution is 9.10. The smallest absolute Gasteiger partial charge is 0.133 e. The van der Waals surface area contributed by atoms with Crippen molar-refractivity contribution in [3.05, 3.63) is 16.5 Å². The largest absolute Gasteiger partial charge is 0.358 e. The third kappa shape index (κ3) is 4.31. The summed E-state index contributed by atoms with van der Waals surface area (Å²) in [5, 5.41) is 8.81. The fraction of sp³-hybridized carbons (Fsp3) is 0.583. The van der Waals surface area contributed by atoms with E-state index < -0.39 is 0 Å². The molecule has 0 bridgehead atoms. The number of aryl methyl sites for hydroxylation is 1. The van der Waals surface area contributed by atoms with E-state index in [1.54, 1.807) is 0 Å². The lowest BCUT2D eigenvalue weighted by atomic mass is 10.2. The first-order chi connectivity index (χ1) is 8.06. The van der Waals surface area contributed by atoms with Gasteiger partial charge in [0.25, 0.3) is 0 Å². The van der Waals surface area contributed by atoms with Crippen LogP contribution in [0.25, 0.3) is 0 Å². The summed E-state index contributed by atoms with van der Waals surface area (Å²) in [6.45, 7) is 4.68. The van der Waals surface area contributed by atoms with Gasteiger partial charge in [0.2, 0.25) is 0 Å². The van der Waals surface area contributed by atoms with E-state index in [9.17, 15) is 0 Å². The SMILES string of the molecule is CCCc1nc(Br)cc(N(C)CC(C)C#N)n1. The number of hydrogen-bond donors (Lipinski definition) is 0. The van der Waals surface area contributed by atoms with Crippen molar-refractivity contribution >= 4 is 21.7 Å². The predicted molar refractivity (Wildman–Crippen MR) is 71.8 cm³/mol. The molecule has 1 aromatic rings. The van der Waals surface area contributed by atoms with Crippen LogP contribution in [0.4, 0.5) is 5.82 Å². The van der Waals surface area contributed by atoms with Crippen molar-refractivity contribution in [1.82, 2.24) is 9.97 Å². The molecule has 1 atom stereocenters. The van der Waals surface area contributed by atoms with Crippen molar-refractivity contribution in [2.75, 3.05) is 18.5 Å². The topological polar surface area (TPSA) is 52.8 Å². The number of halogens is 1. The van der Waals surface area contributed by atoms with Crippen molar-refractivity contribution in [2.24, 2.45) is 5.92 Å². The molecule has 0 N–H and O–H groups in total. The molecule has 1 rings (SSSR count). The molecule has 17 heavy (non-hydrogen) atoms. The molecule has 0 amide bonds. The molecule has 0 spiro atoms. The van der Waals surface area contributed by atoms with Crippen LogP contribution in [0, 0.1) is 17.2 Å². The molecule has 0 fully saturated rings. The molecule has 1 heterocycles. The number of nitrogens with zero attached hydrogens (tertiary/aromatic N) is 4. The first-order valence-corrected chi connectivity index (χ1v) is 6.50. The van der Waals surface area contributed by atoms with Crippen molar-refractivity contribution in [3.63, 3.8) is 0 Å². The molecular weight excluding hydrogens is 280 g/mol. The van der Waals surface area contributed by atoms with Crippen molar-refractivity contribution in [3.8, 4) is 6.07 Å². The Labute approximate surface area is 111 Å². The molecule has 0 aliphatic rings. The fourth-order valence-electron chi connectivity index (χ4n) is 1.53. The van der Waals surface area contributed by atoms with E-state index in [0.717, 1.165) is 29.1 Å². The molecule has 0 radical (unpaired) electrons. The molecule has 0 saturated heterocycles. The number of hydrogen-bond acceptors (Lipinski definition) is 4. The summed E-state index contributed by atoms with van der Waals surface area (Å²) in [6.07, 6.45) is 1.89. The third-order valence-corrected chi connectivity index (χ3v) is 2.77. The van der Waals surface area contributed by atoms with E-state index >= 15 is 0 Å². The van der Waals surface area contributed by atoms with Gasteiger partial charge in [-0.2, -0.15) is 5.26 Å². The van der Waals surface area contributed by atoms with Crippen LogP contribution < -0.4 is 4.90 Å². The summed E-state index contributed by atoms with van der Waals surface area (Å²) in [4.78, 5) is 10.8. The summed E-state index contributed by atoms with van der Waals surface area (Å²) >= 11 is 3.39. The van der Waals surface area contributed by atoms with E-state index in [2.05, 4.69) is 38.9 Å². The quantitative estimate of drug-likeness (QED) is 0.784. The van der Waals surface area contributed by atoms with E-state index in [1.807, 2.05) is 24.9 Å². The van der Waals surface area contributed by atoms with E-state index in [1.165, 1.54) is 0 Å². The van der Waals surface area contributed by atoms with Gasteiger partial charge in [-0.15, -0.1) is 0 Å². The zero-order chi connectivity index (χ0) is 12.8. The zero-order valence-electron chi connectivity index (χ0n) is 10.4. The van der Waals surface area contributed by atoms with Gasteiger partial charge in [-0.3, -0.25) is 0 Å². The van der Waals surface area contributed by atoms with Gasteiger partial charge in [0.15, 0.2) is 0 Å². The minimum absolute atomic E-state index is 0.0108. The monoisotopic (exact) mass is 296 g/mol. The van der Waals surface area contributed by atoms with Gasteiger partial charge in [-0.25, -0.2) is 9.97 Å². The van der Waals surface area contributed by atoms with Gasteiger partial charge in [0.05, 0.1) is 12.0 Å². The Bertz CT molecular complexity index is 413. The second kappa shape index (κ2) is 6.55. The van der Waals surface area contributed by atoms with Crippen molar-refractivity contribution in [1.29, 1.82) is 5.26 Å². The van der Waals surface area contributed by atoms with Gasteiger partial charge in [0.1, 0.15) is 16.2 Å². The Balaban J connectivity index is 2.86. The standard InChI is InChI=1S/C12H17BrN4/c1-4-5-11-15-10(13)6-12(16-11)17(3)8-9(2)7-14/h6,9H,4-5,8H2,1-3H3. The molecular formula is C12H17BrN4. The Morgan fingerprint density at radius 1 is 1.53 bits per heavy atom. The van der Waals surface area contributed by atoms with Gasteiger partial charge < -0.3 is 4.90 Å². The second-order valence-electron chi connectivity index (χ2n) is 4.13. The normalized spacial score (nSPS) is 11.9. The summed E-state index contributed by atoms with van der Waals surface area (Å²) in [6, 6.07) is 4.10. The predicted octanol–water partition coefficient (Wildman–Crippen LogP) is 2.79. The molecule has 0 saturated carbocycles. The molecule has 0 aliphatic heterocycles. The summed E-state index contributed by atoms with van der Waals surface area (Å²) in [5.41, 5.74) is 0. The number of aromatic nitrogens is 2. The van der Waals surface area contributed by atoms with Crippen molar-refractivity contribution < 1.29 is 0 Å². The maximum atomic E-state index is 8.81. The maximum Gasteiger partial charge on any atom is 0.133 e. The third-order valence-electron chi connectivity index (χ3n) is 2.36. The lowest BCUT2D eigenvalue weighted by Crippen LogP contribution is -2.24. The number of nitriles is 1. The zero-order valence-corrected chi connectivity index (χ0v) is 12.0. The molecule has 0 aliphatic carbocycles. The molecule has 0 aromatic carbocycles. The van der Waals surface area contributed by atoms with Crippen LogP contribution in [0.5, 0.6) is 0 Å². The molecule has 92 valence electrons. The molecule has 1 aromatic heterocycles. The van der Waals surface area contributed by atoms with Gasteiger partial charge in [-0.1, -0.05) is 6.92 Å². The van der Waals surface area contributed by atoms with E-state index in [-0.39, 0.29) is 5.92 Å². The van der Waals surface area contributed by atoms with E-state index in [4.69, 9.17) is 5.26 Å². The number of rotatable bonds is 5. The minimum Gasteiger partial charge on any atom is -0.358 e. The summed E-state index contributed by atoms with van der Waals surface area (Å²) < 4.78 is 0.794. The second-order valence-corrected chi connectivity index (χ2v) is 4.94. The molecule has 1 unspecified atom stereocenters. The van der Waals surface area contributed by atoms with Crippen LogP contribution in [-0.2, 0) is 6.42 Å². The van der Waals surface area contributed by atoms with Crippen LogP contribution in [0.2, 0.25) is 0 Å². The Morgan fingerprint density at radius 2 is 2.24 bits per heavy atom. The molecule has 5 heteroatoms. The van der Waals surface area contributed by atoms with Gasteiger partial charge in [0, 0.05) is 26.1 Å². The van der Waals surface area contributed by atoms with Crippen LogP contribution >= 0.6 is 15.9 Å². The van der Waals surface area contributed by atoms with Crippen LogP contribution in [0.3, 0.4) is 0 Å². The Hall–Kier alpha value is -1.15. The lowest BCUT2D eigenvalue weighted by molar-refractivity contribution is 0.704. The highest BCUT2D eigenvalue weighted by atomic mass is 79.9. The average Bonchev–Trinajstić information content (AvgIpc) is 2.28. The van der Waals surface area contributed by atoms with Crippen LogP contribution in [-0.4, -0.2) is 23.6 Å². The first-order valence-electron chi connectivity index (χ1n) is 5.71. The Kier molecular flexibility index (Phi) is 5.36. The first kappa shape index (κ1) is 13.9.